The predicted octanol–water partition coefficient (Wildman–Crippen LogP) is 17.3. The van der Waals surface area contributed by atoms with Crippen molar-refractivity contribution >= 4 is 65.0 Å². The highest BCUT2D eigenvalue weighted by atomic mass is 33.3. The Hall–Kier alpha value is -1.08. The van der Waals surface area contributed by atoms with E-state index in [9.17, 15) is 0 Å². The van der Waals surface area contributed by atoms with Crippen molar-refractivity contribution in [2.45, 2.75) is 215 Å². The highest BCUT2D eigenvalue weighted by molar-refractivity contribution is 8.54. The maximum Gasteiger partial charge on any atom is 0.434 e. The first-order valence-electron chi connectivity index (χ1n) is 22.2. The van der Waals surface area contributed by atoms with E-state index in [0.29, 0.717) is 48.3 Å². The minimum Gasteiger partial charge on any atom is -0.301 e. The molecule has 5 rings (SSSR count). The van der Waals surface area contributed by atoms with Crippen LogP contribution < -0.4 is 9.13 Å². The Morgan fingerprint density at radius 1 is 0.383 bits per heavy atom. The second-order valence-electron chi connectivity index (χ2n) is 18.9. The lowest BCUT2D eigenvalue weighted by Crippen LogP contribution is -2.39. The Bertz CT molecular complexity index is 2370. The molecule has 0 amide bonds. The Balaban J connectivity index is 2.43. The number of hydrogen-bond donors (Lipinski definition) is 0. The zero-order valence-electron chi connectivity index (χ0n) is 41.6. The molecule has 0 bridgehead atoms. The largest absolute Gasteiger partial charge is 0.434 e. The van der Waals surface area contributed by atoms with Crippen molar-refractivity contribution in [3.8, 4) is 11.1 Å². The van der Waals surface area contributed by atoms with Crippen LogP contribution >= 0.6 is 65.0 Å². The van der Waals surface area contributed by atoms with Crippen molar-refractivity contribution in [1.82, 2.24) is 27.4 Å². The van der Waals surface area contributed by atoms with Gasteiger partial charge in [0.1, 0.15) is 22.8 Å². The van der Waals surface area contributed by atoms with E-state index in [2.05, 4.69) is 245 Å². The first-order valence-corrected chi connectivity index (χ1v) is 35.7. The van der Waals surface area contributed by atoms with E-state index < -0.39 is 22.8 Å². The second kappa shape index (κ2) is 19.2. The van der Waals surface area contributed by atoms with Crippen LogP contribution in [0.3, 0.4) is 0 Å². The molecule has 0 aliphatic rings. The van der Waals surface area contributed by atoms with E-state index in [1.807, 2.05) is 0 Å². The molecule has 60 heavy (non-hydrogen) atoms. The molecule has 0 fully saturated rings. The van der Waals surface area contributed by atoms with E-state index in [-0.39, 0.29) is 0 Å². The maximum absolute atomic E-state index is 2.74. The number of aromatic nitrogens is 8. The molecular formula is C44H80N8P4S4+4. The molecule has 5 aromatic rings. The fourth-order valence-electron chi connectivity index (χ4n) is 9.33. The third kappa shape index (κ3) is 8.71. The molecule has 4 atom stereocenters. The Morgan fingerprint density at radius 3 is 0.850 bits per heavy atom. The number of nitrogens with zero attached hydrogens (tertiary/aromatic N) is 8. The van der Waals surface area contributed by atoms with Crippen molar-refractivity contribution < 1.29 is 9.13 Å². The average Bonchev–Trinajstić information content (AvgIpc) is 3.75. The predicted molar refractivity (Wildman–Crippen MR) is 275 cm³/mol. The van der Waals surface area contributed by atoms with E-state index in [1.165, 1.54) is 45.6 Å². The summed E-state index contributed by atoms with van der Waals surface area (Å²) in [5, 5.41) is 3.09. The van der Waals surface area contributed by atoms with Gasteiger partial charge in [0.25, 0.3) is 15.9 Å². The number of imidazole rings is 4. The Labute approximate surface area is 380 Å². The molecule has 0 spiro atoms. The molecule has 336 valence electrons. The molecule has 16 heteroatoms. The minimum absolute atomic E-state index is 0.363. The van der Waals surface area contributed by atoms with Gasteiger partial charge in [-0.25, -0.2) is 9.13 Å². The van der Waals surface area contributed by atoms with E-state index in [0.717, 1.165) is 0 Å². The molecule has 0 radical (unpaired) electrons. The standard InChI is InChI=1S/C44H80N8P4S4/c1-25(2)45-33(17)34(18)46(26(3)4)41(45)53-57-54(42-47(27(5)6)35(19)36(20)48(42)28(7)8)59-56(44-51(31(13)14)39(23)40(24)52(44)32(15)16)60-55(58-53)43-49(29(9)10)37(21)38(22)50(43)30(11)12/h25-32H,1-24H3/q+4. The van der Waals surface area contributed by atoms with Crippen LogP contribution in [-0.2, 0) is 0 Å². The van der Waals surface area contributed by atoms with Crippen LogP contribution in [-0.4, -0.2) is 27.4 Å². The zero-order chi connectivity index (χ0) is 45.3. The lowest BCUT2D eigenvalue weighted by Gasteiger charge is -2.10. The van der Waals surface area contributed by atoms with Crippen molar-refractivity contribution in [3.63, 3.8) is 0 Å². The van der Waals surface area contributed by atoms with Gasteiger partial charge in [-0.3, -0.25) is 0 Å². The minimum atomic E-state index is -0.776. The van der Waals surface area contributed by atoms with Crippen molar-refractivity contribution in [2.24, 2.45) is 0 Å². The normalized spacial score (nSPS) is 13.7. The molecule has 4 unspecified atom stereocenters. The molecule has 0 aliphatic heterocycles. The molecular weight excluding hydrogens is 893 g/mol. The molecule has 0 saturated heterocycles. The van der Waals surface area contributed by atoms with Crippen LogP contribution in [0.1, 0.15) is 205 Å². The Kier molecular flexibility index (Phi) is 16.0. The van der Waals surface area contributed by atoms with Crippen LogP contribution in [0.15, 0.2) is 0 Å². The summed E-state index contributed by atoms with van der Waals surface area (Å²) in [4.78, 5) is 0. The van der Waals surface area contributed by atoms with Crippen LogP contribution in [0.4, 0.5) is 0 Å². The van der Waals surface area contributed by atoms with E-state index in [1.54, 1.807) is 21.5 Å². The SMILES string of the molecule is Cc1c(C)[n+](C(C)C)c(-p2sp(-c3n(C(C)C)c(C)c(C)[n+]3C(C)C)s[p+](=c3n(C(C)C)c(C)c(C)n3C(C)C)s[p+](=c3n(C(C)C)c(C)c(C)n3C(C)C)s2)n1C(C)C. The van der Waals surface area contributed by atoms with Crippen molar-refractivity contribution in [1.29, 1.82) is 0 Å². The quantitative estimate of drug-likeness (QED) is 0.125. The summed E-state index contributed by atoms with van der Waals surface area (Å²) < 4.78 is 22.0. The van der Waals surface area contributed by atoms with E-state index >= 15 is 0 Å². The van der Waals surface area contributed by atoms with Gasteiger partial charge in [0, 0.05) is 74.6 Å². The highest BCUT2D eigenvalue weighted by Crippen LogP contribution is 2.66. The van der Waals surface area contributed by atoms with Crippen LogP contribution in [0.2, 0.25) is 0 Å². The molecule has 5 heterocycles. The zero-order valence-corrected chi connectivity index (χ0v) is 48.5. The average molecular weight is 973 g/mol. The fourth-order valence-corrected chi connectivity index (χ4v) is 66.0. The lowest BCUT2D eigenvalue weighted by atomic mass is 10.3. The molecule has 0 aromatic carbocycles. The number of hydrogen-bond acceptors (Lipinski definition) is 4. The summed E-state index contributed by atoms with van der Waals surface area (Å²) in [6, 6.07) is 2.91. The van der Waals surface area contributed by atoms with E-state index in [4.69, 9.17) is 0 Å². The van der Waals surface area contributed by atoms with Gasteiger partial charge in [-0.15, -0.1) is 0 Å². The summed E-state index contributed by atoms with van der Waals surface area (Å²) >= 11 is 0. The highest BCUT2D eigenvalue weighted by Gasteiger charge is 2.41. The van der Waals surface area contributed by atoms with Gasteiger partial charge in [-0.2, -0.15) is 9.13 Å². The van der Waals surface area contributed by atoms with Crippen molar-refractivity contribution in [3.05, 3.63) is 56.0 Å². The molecule has 5 aromatic heterocycles. The number of rotatable bonds is 10. The molecule has 8 nitrogen and oxygen atoms in total. The second-order valence-corrected chi connectivity index (χ2v) is 42.6. The first-order chi connectivity index (χ1) is 27.8. The molecule has 0 aliphatic carbocycles. The van der Waals surface area contributed by atoms with Gasteiger partial charge < -0.3 is 18.3 Å². The van der Waals surface area contributed by atoms with Gasteiger partial charge >= 0.3 is 22.5 Å². The first kappa shape index (κ1) is 49.9. The maximum atomic E-state index is 2.74. The summed E-state index contributed by atoms with van der Waals surface area (Å²) in [6.07, 6.45) is 0. The third-order valence-corrected chi connectivity index (χ3v) is 48.9. The lowest BCUT2D eigenvalue weighted by molar-refractivity contribution is -0.708. The van der Waals surface area contributed by atoms with Gasteiger partial charge in [-0.05, 0) is 138 Å². The van der Waals surface area contributed by atoms with Crippen LogP contribution in [0.5, 0.6) is 0 Å². The summed E-state index contributed by atoms with van der Waals surface area (Å²) in [5.41, 5.74) is 12.9. The van der Waals surface area contributed by atoms with Gasteiger partial charge in [0.05, 0.1) is 45.3 Å². The fraction of sp³-hybridized carbons (Fsp3) is 0.727. The van der Waals surface area contributed by atoms with Gasteiger partial charge in [0.2, 0.25) is 0 Å². The summed E-state index contributed by atoms with van der Waals surface area (Å²) in [6.45, 7) is 57.6. The molecule has 0 saturated carbocycles. The van der Waals surface area contributed by atoms with Crippen LogP contribution in [0, 0.1) is 65.8 Å². The Morgan fingerprint density at radius 2 is 0.633 bits per heavy atom. The third-order valence-electron chi connectivity index (χ3n) is 12.1. The smallest absolute Gasteiger partial charge is 0.301 e. The van der Waals surface area contributed by atoms with Crippen molar-refractivity contribution in [2.75, 3.05) is 0 Å². The summed E-state index contributed by atoms with van der Waals surface area (Å²) in [5.74, 6) is -1.55. The molecule has 0 N–H and O–H groups in total. The van der Waals surface area contributed by atoms with Crippen LogP contribution in [0.25, 0.3) is 11.1 Å². The van der Waals surface area contributed by atoms with Gasteiger partial charge in [0.15, 0.2) is 27.0 Å². The topological polar surface area (TPSA) is 37.3 Å². The summed E-state index contributed by atoms with van der Waals surface area (Å²) in [7, 11) is 9.49. The van der Waals surface area contributed by atoms with Gasteiger partial charge in [-0.1, -0.05) is 0 Å². The monoisotopic (exact) mass is 972 g/mol.